The molecule has 1 aliphatic rings. The van der Waals surface area contributed by atoms with E-state index < -0.39 is 0 Å². The van der Waals surface area contributed by atoms with Crippen LogP contribution in [0.2, 0.25) is 0 Å². The van der Waals surface area contributed by atoms with Crippen molar-refractivity contribution in [1.29, 1.82) is 0 Å². The van der Waals surface area contributed by atoms with Crippen molar-refractivity contribution in [1.82, 2.24) is 15.1 Å². The zero-order chi connectivity index (χ0) is 24.5. The minimum absolute atomic E-state index is 0.0172. The summed E-state index contributed by atoms with van der Waals surface area (Å²) in [5, 5.41) is 12.4. The lowest BCUT2D eigenvalue weighted by Crippen LogP contribution is -2.44. The number of aromatic nitrogens is 2. The molecule has 1 heterocycles. The van der Waals surface area contributed by atoms with Crippen LogP contribution in [-0.4, -0.2) is 46.1 Å². The van der Waals surface area contributed by atoms with E-state index in [9.17, 15) is 9.59 Å². The first-order chi connectivity index (χ1) is 17.1. The number of carbonyl (C=O) groups excluding carboxylic acids is 2. The lowest BCUT2D eigenvalue weighted by atomic mass is 9.94. The molecule has 8 heteroatoms. The fourth-order valence-corrected chi connectivity index (χ4v) is 5.07. The van der Waals surface area contributed by atoms with Gasteiger partial charge in [-0.2, -0.15) is 0 Å². The Morgan fingerprint density at radius 3 is 2.51 bits per heavy atom. The smallest absolute Gasteiger partial charge is 0.248 e. The average molecular weight is 493 g/mol. The summed E-state index contributed by atoms with van der Waals surface area (Å²) in [6.45, 7) is 2.81. The summed E-state index contributed by atoms with van der Waals surface area (Å²) >= 11 is 1.34. The molecule has 0 radical (unpaired) electrons. The number of anilines is 1. The second-order valence-electron chi connectivity index (χ2n) is 8.93. The number of benzene rings is 2. The standard InChI is InChI=1S/C27H32N4O3S/c1-20-12-14-22(15-13-20)26-29-30-27(35-26)28-24(32)16-17-31(23-10-6-3-7-11-23)25(33)19-34-18-21-8-4-2-5-9-21/h2,4-5,8-9,12-15,23H,3,6-7,10-11,16-19H2,1H3,(H,28,30,32). The first-order valence-corrected chi connectivity index (χ1v) is 13.0. The number of rotatable bonds is 10. The Labute approximate surface area is 210 Å². The first kappa shape index (κ1) is 25.0. The second-order valence-corrected chi connectivity index (χ2v) is 9.91. The Balaban J connectivity index is 1.30. The maximum absolute atomic E-state index is 13.0. The molecule has 0 saturated heterocycles. The summed E-state index contributed by atoms with van der Waals surface area (Å²) < 4.78 is 5.70. The van der Waals surface area contributed by atoms with Crippen LogP contribution < -0.4 is 5.32 Å². The molecule has 1 aromatic heterocycles. The SMILES string of the molecule is Cc1ccc(-c2nnc(NC(=O)CCN(C(=O)COCc3ccccc3)C3CCCCC3)s2)cc1. The number of nitrogens with zero attached hydrogens (tertiary/aromatic N) is 3. The molecule has 3 aromatic rings. The number of aryl methyl sites for hydroxylation is 1. The third-order valence-electron chi connectivity index (χ3n) is 6.22. The van der Waals surface area contributed by atoms with Crippen molar-refractivity contribution in [2.45, 2.75) is 58.1 Å². The van der Waals surface area contributed by atoms with Crippen LogP contribution in [0.1, 0.15) is 49.7 Å². The van der Waals surface area contributed by atoms with E-state index in [4.69, 9.17) is 4.74 Å². The van der Waals surface area contributed by atoms with E-state index in [-0.39, 0.29) is 30.9 Å². The predicted octanol–water partition coefficient (Wildman–Crippen LogP) is 5.22. The van der Waals surface area contributed by atoms with Gasteiger partial charge in [0.05, 0.1) is 6.61 Å². The summed E-state index contributed by atoms with van der Waals surface area (Å²) in [6.07, 6.45) is 5.57. The highest BCUT2D eigenvalue weighted by Crippen LogP contribution is 2.27. The van der Waals surface area contributed by atoms with Gasteiger partial charge in [-0.1, -0.05) is 90.8 Å². The topological polar surface area (TPSA) is 84.4 Å². The van der Waals surface area contributed by atoms with Crippen LogP contribution in [0.5, 0.6) is 0 Å². The van der Waals surface area contributed by atoms with Crippen LogP contribution in [0.25, 0.3) is 10.6 Å². The van der Waals surface area contributed by atoms with E-state index in [0.29, 0.717) is 18.3 Å². The van der Waals surface area contributed by atoms with E-state index in [1.165, 1.54) is 23.3 Å². The van der Waals surface area contributed by atoms with E-state index in [1.807, 2.05) is 66.4 Å². The Morgan fingerprint density at radius 2 is 1.77 bits per heavy atom. The molecule has 2 aromatic carbocycles. The third kappa shape index (κ3) is 7.44. The summed E-state index contributed by atoms with van der Waals surface area (Å²) in [6, 6.07) is 18.0. The highest BCUT2D eigenvalue weighted by molar-refractivity contribution is 7.18. The Bertz CT molecular complexity index is 1100. The molecule has 4 rings (SSSR count). The van der Waals surface area contributed by atoms with Gasteiger partial charge in [-0.15, -0.1) is 10.2 Å². The summed E-state index contributed by atoms with van der Waals surface area (Å²) in [4.78, 5) is 27.6. The minimum Gasteiger partial charge on any atom is -0.367 e. The van der Waals surface area contributed by atoms with Gasteiger partial charge in [0.2, 0.25) is 16.9 Å². The van der Waals surface area contributed by atoms with Gasteiger partial charge < -0.3 is 15.0 Å². The lowest BCUT2D eigenvalue weighted by molar-refractivity contribution is -0.140. The summed E-state index contributed by atoms with van der Waals surface area (Å²) in [5.74, 6) is -0.228. The molecule has 0 bridgehead atoms. The van der Waals surface area contributed by atoms with Crippen molar-refractivity contribution in [3.63, 3.8) is 0 Å². The van der Waals surface area contributed by atoms with E-state index in [0.717, 1.165) is 41.8 Å². The van der Waals surface area contributed by atoms with Crippen LogP contribution in [0.3, 0.4) is 0 Å². The van der Waals surface area contributed by atoms with Gasteiger partial charge in [0.15, 0.2) is 0 Å². The number of nitrogens with one attached hydrogen (secondary N) is 1. The molecule has 0 aliphatic heterocycles. The van der Waals surface area contributed by atoms with Gasteiger partial charge in [-0.3, -0.25) is 9.59 Å². The molecular formula is C27H32N4O3S. The average Bonchev–Trinajstić information content (AvgIpc) is 3.34. The molecule has 1 saturated carbocycles. The van der Waals surface area contributed by atoms with E-state index in [1.54, 1.807) is 0 Å². The third-order valence-corrected chi connectivity index (χ3v) is 7.11. The monoisotopic (exact) mass is 492 g/mol. The molecule has 0 unspecified atom stereocenters. The van der Waals surface area contributed by atoms with Gasteiger partial charge in [0, 0.05) is 24.6 Å². The van der Waals surface area contributed by atoms with Crippen molar-refractivity contribution in [3.05, 3.63) is 65.7 Å². The fraction of sp³-hybridized carbons (Fsp3) is 0.407. The van der Waals surface area contributed by atoms with Crippen LogP contribution in [0, 0.1) is 6.92 Å². The molecule has 35 heavy (non-hydrogen) atoms. The van der Waals surface area contributed by atoms with Gasteiger partial charge in [-0.25, -0.2) is 0 Å². The van der Waals surface area contributed by atoms with Gasteiger partial charge in [-0.05, 0) is 25.3 Å². The van der Waals surface area contributed by atoms with Gasteiger partial charge in [0.25, 0.3) is 0 Å². The second kappa shape index (κ2) is 12.6. The van der Waals surface area contributed by atoms with Crippen LogP contribution in [-0.2, 0) is 20.9 Å². The molecule has 184 valence electrons. The highest BCUT2D eigenvalue weighted by atomic mass is 32.1. The largest absolute Gasteiger partial charge is 0.367 e. The predicted molar refractivity (Wildman–Crippen MR) is 138 cm³/mol. The zero-order valence-corrected chi connectivity index (χ0v) is 20.9. The molecule has 1 N–H and O–H groups in total. The Kier molecular flexibility index (Phi) is 8.97. The molecule has 0 atom stereocenters. The number of hydrogen-bond donors (Lipinski definition) is 1. The fourth-order valence-electron chi connectivity index (χ4n) is 4.31. The molecular weight excluding hydrogens is 460 g/mol. The minimum atomic E-state index is -0.171. The van der Waals surface area contributed by atoms with Crippen LogP contribution >= 0.6 is 11.3 Å². The Hall–Kier alpha value is -3.10. The van der Waals surface area contributed by atoms with Crippen molar-refractivity contribution in [2.24, 2.45) is 0 Å². The maximum Gasteiger partial charge on any atom is 0.248 e. The number of amides is 2. The lowest BCUT2D eigenvalue weighted by Gasteiger charge is -2.34. The molecule has 1 aliphatic carbocycles. The van der Waals surface area contributed by atoms with Crippen molar-refractivity contribution in [3.8, 4) is 10.6 Å². The quantitative estimate of drug-likeness (QED) is 0.419. The summed E-state index contributed by atoms with van der Waals surface area (Å²) in [5.41, 5.74) is 3.18. The van der Waals surface area contributed by atoms with E-state index >= 15 is 0 Å². The summed E-state index contributed by atoms with van der Waals surface area (Å²) in [7, 11) is 0. The van der Waals surface area contributed by atoms with Crippen molar-refractivity contribution < 1.29 is 14.3 Å². The number of carbonyl (C=O) groups is 2. The maximum atomic E-state index is 13.0. The van der Waals surface area contributed by atoms with Crippen molar-refractivity contribution in [2.75, 3.05) is 18.5 Å². The number of ether oxygens (including phenoxy) is 1. The molecule has 1 fully saturated rings. The Morgan fingerprint density at radius 1 is 1.03 bits per heavy atom. The number of hydrogen-bond acceptors (Lipinski definition) is 6. The van der Waals surface area contributed by atoms with Crippen LogP contribution in [0.15, 0.2) is 54.6 Å². The molecule has 7 nitrogen and oxygen atoms in total. The first-order valence-electron chi connectivity index (χ1n) is 12.2. The van der Waals surface area contributed by atoms with Gasteiger partial charge >= 0.3 is 0 Å². The normalized spacial score (nSPS) is 14.0. The van der Waals surface area contributed by atoms with Gasteiger partial charge in [0.1, 0.15) is 11.6 Å². The van der Waals surface area contributed by atoms with Crippen molar-refractivity contribution >= 4 is 28.3 Å². The zero-order valence-electron chi connectivity index (χ0n) is 20.1. The molecule has 0 spiro atoms. The van der Waals surface area contributed by atoms with Crippen LogP contribution in [0.4, 0.5) is 5.13 Å². The molecule has 2 amide bonds. The van der Waals surface area contributed by atoms with E-state index in [2.05, 4.69) is 15.5 Å². The highest BCUT2D eigenvalue weighted by Gasteiger charge is 2.26.